The molecule has 4 nitrogen and oxygen atoms in total. The van der Waals surface area contributed by atoms with Gasteiger partial charge in [0.2, 0.25) is 0 Å². The van der Waals surface area contributed by atoms with E-state index in [0.29, 0.717) is 0 Å². The Morgan fingerprint density at radius 3 is 0.600 bits per heavy atom. The minimum absolute atomic E-state index is 0. The van der Waals surface area contributed by atoms with E-state index in [1.807, 2.05) is 0 Å². The summed E-state index contributed by atoms with van der Waals surface area (Å²) in [6, 6.07) is 0. The van der Waals surface area contributed by atoms with Crippen molar-refractivity contribution in [2.45, 2.75) is 0 Å². The molecule has 0 amide bonds. The fraction of sp³-hybridized carbons (Fsp3) is 0. The third-order valence-corrected chi connectivity index (χ3v) is 0. The maximum Gasteiger partial charge on any atom is 0 e. The van der Waals surface area contributed by atoms with Crippen molar-refractivity contribution in [3.8, 4) is 0 Å². The van der Waals surface area contributed by atoms with Crippen molar-refractivity contribution in [2.75, 3.05) is 0 Å². The Hall–Kier alpha value is 0.334. The summed E-state index contributed by atoms with van der Waals surface area (Å²) in [4.78, 5) is 0. The first-order chi connectivity index (χ1) is 2.00. The molecule has 0 bridgehead atoms. The smallest absolute Gasteiger partial charge is 0 e. The van der Waals surface area contributed by atoms with Crippen LogP contribution in [-0.4, -0.2) is 0 Å². The second-order valence-corrected chi connectivity index (χ2v) is 0. The second-order valence-electron chi connectivity index (χ2n) is 0. The van der Waals surface area contributed by atoms with Gasteiger partial charge in [-0.3, -0.25) is 23.4 Å². The van der Waals surface area contributed by atoms with Crippen LogP contribution in [-0.2, 0) is 16.5 Å². The molecule has 38 valence electrons. The van der Waals surface area contributed by atoms with Crippen molar-refractivity contribution in [1.82, 2.24) is 0 Å². The molecule has 0 heterocycles. The molecule has 0 aliphatic rings. The Morgan fingerprint density at radius 1 is 0.600 bits per heavy atom. The molecule has 0 aromatic heterocycles. The van der Waals surface area contributed by atoms with Gasteiger partial charge in [-0.2, -0.15) is 0 Å². The van der Waals surface area contributed by atoms with E-state index >= 15 is 0 Å². The van der Waals surface area contributed by atoms with Gasteiger partial charge in [-0.1, -0.05) is 0 Å². The van der Waals surface area contributed by atoms with Crippen LogP contribution in [0.1, 0.15) is 0 Å². The summed E-state index contributed by atoms with van der Waals surface area (Å²) in [5.41, 5.74) is 0. The minimum Gasteiger partial charge on any atom is -0.274 e. The van der Waals surface area contributed by atoms with Crippen LogP contribution in [0.5, 0.6) is 0 Å². The standard InChI is InChI=1S/2H4N2.Ni/c2*1-2;/h2*1-2H2;. The minimum atomic E-state index is 0. The summed E-state index contributed by atoms with van der Waals surface area (Å²) in [6.45, 7) is 0. The third kappa shape index (κ3) is 212. The molecule has 0 unspecified atom stereocenters. The topological polar surface area (TPSA) is 104 Å². The summed E-state index contributed by atoms with van der Waals surface area (Å²) in [7, 11) is 0. The summed E-state index contributed by atoms with van der Waals surface area (Å²) in [6.07, 6.45) is 0. The first-order valence-corrected chi connectivity index (χ1v) is 0.667. The van der Waals surface area contributed by atoms with E-state index in [0.717, 1.165) is 0 Å². The van der Waals surface area contributed by atoms with Crippen molar-refractivity contribution in [3.63, 3.8) is 0 Å². The van der Waals surface area contributed by atoms with Crippen molar-refractivity contribution in [3.05, 3.63) is 0 Å². The van der Waals surface area contributed by atoms with Crippen LogP contribution in [0.2, 0.25) is 0 Å². The van der Waals surface area contributed by atoms with E-state index in [9.17, 15) is 0 Å². The van der Waals surface area contributed by atoms with E-state index < -0.39 is 0 Å². The Morgan fingerprint density at radius 2 is 0.600 bits per heavy atom. The molecular weight excluding hydrogens is 115 g/mol. The number of nitrogens with two attached hydrogens (primary N) is 4. The van der Waals surface area contributed by atoms with Gasteiger partial charge in [-0.05, 0) is 0 Å². The van der Waals surface area contributed by atoms with Crippen LogP contribution in [0.25, 0.3) is 0 Å². The zero-order chi connectivity index (χ0) is 4.00. The van der Waals surface area contributed by atoms with Gasteiger partial charge < -0.3 is 0 Å². The number of rotatable bonds is 0. The van der Waals surface area contributed by atoms with Crippen molar-refractivity contribution >= 4 is 0 Å². The largest absolute Gasteiger partial charge is 0.274 e. The van der Waals surface area contributed by atoms with Gasteiger partial charge >= 0.3 is 0 Å². The monoisotopic (exact) mass is 122 g/mol. The van der Waals surface area contributed by atoms with Gasteiger partial charge in [0.05, 0.1) is 0 Å². The van der Waals surface area contributed by atoms with E-state index in [4.69, 9.17) is 0 Å². The van der Waals surface area contributed by atoms with Gasteiger partial charge in [-0.15, -0.1) is 0 Å². The summed E-state index contributed by atoms with van der Waals surface area (Å²) < 4.78 is 0. The van der Waals surface area contributed by atoms with Crippen LogP contribution in [0.4, 0.5) is 0 Å². The fourth-order valence-electron chi connectivity index (χ4n) is 0. The molecule has 5 heteroatoms. The molecule has 0 radical (unpaired) electrons. The van der Waals surface area contributed by atoms with Crippen molar-refractivity contribution < 1.29 is 16.5 Å². The maximum atomic E-state index is 4.00. The summed E-state index contributed by atoms with van der Waals surface area (Å²) >= 11 is 0. The molecule has 0 atom stereocenters. The maximum absolute atomic E-state index is 4.00. The number of hydrogen-bond donors (Lipinski definition) is 4. The van der Waals surface area contributed by atoms with Crippen molar-refractivity contribution in [1.29, 1.82) is 0 Å². The molecule has 0 saturated heterocycles. The Labute approximate surface area is 40.7 Å². The molecule has 0 aliphatic carbocycles. The Bertz CT molecular complexity index is 3.61. The van der Waals surface area contributed by atoms with Crippen LogP contribution >= 0.6 is 0 Å². The van der Waals surface area contributed by atoms with E-state index in [1.165, 1.54) is 0 Å². The molecule has 0 aliphatic heterocycles. The third-order valence-electron chi connectivity index (χ3n) is 0. The van der Waals surface area contributed by atoms with Gasteiger partial charge in [-0.25, -0.2) is 0 Å². The molecule has 0 aromatic carbocycles. The SMILES string of the molecule is NN.NN.[Ni]. The predicted molar refractivity (Wildman–Crippen MR) is 16.7 cm³/mol. The zero-order valence-corrected chi connectivity index (χ0v) is 3.61. The normalized spacial score (nSPS) is 2.40. The number of hydrazine groups is 2. The second kappa shape index (κ2) is 433. The average molecular weight is 123 g/mol. The fourth-order valence-corrected chi connectivity index (χ4v) is 0. The average Bonchev–Trinajstić information content (AvgIpc) is 1.50. The van der Waals surface area contributed by atoms with Gasteiger partial charge in [0.25, 0.3) is 0 Å². The summed E-state index contributed by atoms with van der Waals surface area (Å²) in [5.74, 6) is 16.0. The molecule has 0 rings (SSSR count). The van der Waals surface area contributed by atoms with Crippen molar-refractivity contribution in [2.24, 2.45) is 23.4 Å². The van der Waals surface area contributed by atoms with E-state index in [1.54, 1.807) is 0 Å². The first-order valence-electron chi connectivity index (χ1n) is 0.667. The molecule has 0 spiro atoms. The molecule has 0 aromatic rings. The van der Waals surface area contributed by atoms with Gasteiger partial charge in [0, 0.05) is 16.5 Å². The Kier molecular flexibility index (Phi) is 1590. The van der Waals surface area contributed by atoms with Crippen LogP contribution in [0, 0.1) is 0 Å². The molecule has 5 heavy (non-hydrogen) atoms. The quantitative estimate of drug-likeness (QED) is 0.164. The van der Waals surface area contributed by atoms with E-state index in [2.05, 4.69) is 23.4 Å². The molecular formula is H8N4Ni. The Balaban J connectivity index is -0.0000000133. The predicted octanol–water partition coefficient (Wildman–Crippen LogP) is -2.36. The molecule has 0 saturated carbocycles. The van der Waals surface area contributed by atoms with Gasteiger partial charge in [0.1, 0.15) is 0 Å². The molecule has 0 fully saturated rings. The number of hydrogen-bond acceptors (Lipinski definition) is 4. The molecule has 8 N–H and O–H groups in total. The van der Waals surface area contributed by atoms with Gasteiger partial charge in [0.15, 0.2) is 0 Å². The zero-order valence-electron chi connectivity index (χ0n) is 2.63. The van der Waals surface area contributed by atoms with Crippen LogP contribution in [0.15, 0.2) is 0 Å². The first kappa shape index (κ1) is 18.4. The van der Waals surface area contributed by atoms with E-state index in [-0.39, 0.29) is 16.5 Å². The van der Waals surface area contributed by atoms with Crippen LogP contribution < -0.4 is 23.4 Å². The van der Waals surface area contributed by atoms with Crippen LogP contribution in [0.3, 0.4) is 0 Å². The summed E-state index contributed by atoms with van der Waals surface area (Å²) in [5, 5.41) is 0.